The summed E-state index contributed by atoms with van der Waals surface area (Å²) in [4.78, 5) is 54.1. The predicted octanol–water partition coefficient (Wildman–Crippen LogP) is 3.26. The monoisotopic (exact) mass is 539 g/mol. The number of fused-ring (bicyclic) bond motifs is 1. The lowest BCUT2D eigenvalue weighted by molar-refractivity contribution is -0.384. The molecule has 3 atom stereocenters. The predicted molar refractivity (Wildman–Crippen MR) is 139 cm³/mol. The van der Waals surface area contributed by atoms with Gasteiger partial charge in [0.05, 0.1) is 12.0 Å². The average molecular weight is 540 g/mol. The van der Waals surface area contributed by atoms with Gasteiger partial charge in [-0.05, 0) is 42.3 Å². The number of rotatable bonds is 9. The van der Waals surface area contributed by atoms with Crippen molar-refractivity contribution in [1.82, 2.24) is 4.90 Å². The number of nitro groups is 1. The van der Waals surface area contributed by atoms with Crippen LogP contribution in [0.1, 0.15) is 25.0 Å². The number of non-ortho nitro benzene ring substituents is 1. The lowest BCUT2D eigenvalue weighted by atomic mass is 10.0. The Morgan fingerprint density at radius 2 is 1.89 bits per heavy atom. The third kappa shape index (κ3) is 5.70. The fourth-order valence-corrected chi connectivity index (χ4v) is 5.48. The minimum atomic E-state index is -0.745. The van der Waals surface area contributed by atoms with Gasteiger partial charge in [0.25, 0.3) is 11.6 Å². The summed E-state index contributed by atoms with van der Waals surface area (Å²) >= 11 is 1.40. The Hall–Kier alpha value is -4.19. The Balaban J connectivity index is 1.53. The Labute approximate surface area is 222 Å². The molecule has 12 heteroatoms. The summed E-state index contributed by atoms with van der Waals surface area (Å²) in [5.41, 5.74) is 1.82. The third-order valence-corrected chi connectivity index (χ3v) is 7.30. The summed E-state index contributed by atoms with van der Waals surface area (Å²) in [5, 5.41) is 10.4. The molecule has 0 N–H and O–H groups in total. The van der Waals surface area contributed by atoms with Gasteiger partial charge in [0.1, 0.15) is 29.5 Å². The minimum absolute atomic E-state index is 0.0247. The molecule has 1 fully saturated rings. The number of nitrogens with zero attached hydrogens (tertiary/aromatic N) is 3. The van der Waals surface area contributed by atoms with Crippen LogP contribution in [-0.2, 0) is 30.5 Å². The molecule has 0 saturated carbocycles. The molecule has 2 heterocycles. The molecule has 1 unspecified atom stereocenters. The lowest BCUT2D eigenvalue weighted by Gasteiger charge is -2.48. The molecule has 2 aliphatic heterocycles. The lowest BCUT2D eigenvalue weighted by Crippen LogP contribution is -2.64. The molecule has 2 aliphatic rings. The molecule has 0 radical (unpaired) electrons. The molecule has 198 valence electrons. The maximum Gasteiger partial charge on any atom is 0.355 e. The normalized spacial score (nSPS) is 19.4. The highest BCUT2D eigenvalue weighted by atomic mass is 32.2. The molecular formula is C26H25N3O8S. The molecule has 0 bridgehead atoms. The van der Waals surface area contributed by atoms with Crippen LogP contribution in [0.25, 0.3) is 0 Å². The molecule has 11 nitrogen and oxygen atoms in total. The van der Waals surface area contributed by atoms with Gasteiger partial charge in [0.2, 0.25) is 0 Å². The SMILES string of the molecule is COc1ccc(COC(=O)C2=C(C(C)OC(C)=O)CS[C@@H]3[C@@H](/N=C/c4ccc([N+](=O)[O-])cc4)C(=O)N23)cc1. The number of carbonyl (C=O) groups excluding carboxylic acids is 3. The second-order valence-corrected chi connectivity index (χ2v) is 9.64. The van der Waals surface area contributed by atoms with E-state index in [-0.39, 0.29) is 18.0 Å². The zero-order valence-electron chi connectivity index (χ0n) is 20.9. The van der Waals surface area contributed by atoms with Gasteiger partial charge in [-0.3, -0.25) is 29.6 Å². The van der Waals surface area contributed by atoms with E-state index in [1.54, 1.807) is 38.3 Å². The molecule has 2 aromatic carbocycles. The van der Waals surface area contributed by atoms with Crippen LogP contribution < -0.4 is 4.74 Å². The van der Waals surface area contributed by atoms with Crippen molar-refractivity contribution < 1.29 is 33.5 Å². The number of thioether (sulfide) groups is 1. The van der Waals surface area contributed by atoms with Gasteiger partial charge in [-0.2, -0.15) is 0 Å². The summed E-state index contributed by atoms with van der Waals surface area (Å²) in [6.45, 7) is 2.89. The van der Waals surface area contributed by atoms with Crippen molar-refractivity contribution >= 4 is 41.5 Å². The molecular weight excluding hydrogens is 514 g/mol. The van der Waals surface area contributed by atoms with Gasteiger partial charge >= 0.3 is 11.9 Å². The standard InChI is InChI=1S/C26H25N3O8S/c1-15(37-16(2)30)21-14-38-25-22(27-12-17-4-8-19(9-5-17)29(33)34)24(31)28(25)23(21)26(32)36-13-18-6-10-20(35-3)11-7-18/h4-12,15,22,25H,13-14H2,1-3H3/b27-12+/t15?,22-,25+/m0/s1. The van der Waals surface area contributed by atoms with Gasteiger partial charge in [0, 0.05) is 36.6 Å². The second kappa shape index (κ2) is 11.5. The van der Waals surface area contributed by atoms with Crippen LogP contribution in [0, 0.1) is 10.1 Å². The van der Waals surface area contributed by atoms with Crippen molar-refractivity contribution in [3.05, 3.63) is 81.0 Å². The highest BCUT2D eigenvalue weighted by molar-refractivity contribution is 8.00. The first-order chi connectivity index (χ1) is 18.2. The number of amides is 1. The van der Waals surface area contributed by atoms with Gasteiger partial charge < -0.3 is 14.2 Å². The molecule has 0 aromatic heterocycles. The van der Waals surface area contributed by atoms with E-state index in [9.17, 15) is 24.5 Å². The Morgan fingerprint density at radius 1 is 1.21 bits per heavy atom. The fraction of sp³-hybridized carbons (Fsp3) is 0.308. The van der Waals surface area contributed by atoms with Crippen LogP contribution in [0.4, 0.5) is 5.69 Å². The number of benzene rings is 2. The van der Waals surface area contributed by atoms with E-state index in [0.717, 1.165) is 5.56 Å². The summed E-state index contributed by atoms with van der Waals surface area (Å²) in [5.74, 6) is -0.613. The number of methoxy groups -OCH3 is 1. The molecule has 38 heavy (non-hydrogen) atoms. The molecule has 0 aliphatic carbocycles. The number of hydrogen-bond donors (Lipinski definition) is 0. The largest absolute Gasteiger partial charge is 0.497 e. The zero-order chi connectivity index (χ0) is 27.4. The minimum Gasteiger partial charge on any atom is -0.497 e. The number of aliphatic imine (C=N–C) groups is 1. The number of β-lactam (4-membered cyclic amide) rings is 1. The maximum absolute atomic E-state index is 13.3. The van der Waals surface area contributed by atoms with Crippen molar-refractivity contribution in [2.24, 2.45) is 4.99 Å². The van der Waals surface area contributed by atoms with E-state index in [0.29, 0.717) is 22.6 Å². The van der Waals surface area contributed by atoms with Crippen LogP contribution in [0.3, 0.4) is 0 Å². The third-order valence-electron chi connectivity index (χ3n) is 6.01. The van der Waals surface area contributed by atoms with Crippen molar-refractivity contribution in [2.45, 2.75) is 38.0 Å². The number of carbonyl (C=O) groups is 3. The van der Waals surface area contributed by atoms with Crippen molar-refractivity contribution in [2.75, 3.05) is 12.9 Å². The zero-order valence-corrected chi connectivity index (χ0v) is 21.7. The van der Waals surface area contributed by atoms with E-state index in [2.05, 4.69) is 4.99 Å². The molecule has 1 amide bonds. The second-order valence-electron chi connectivity index (χ2n) is 8.53. The number of hydrogen-bond acceptors (Lipinski definition) is 10. The highest BCUT2D eigenvalue weighted by Gasteiger charge is 2.54. The van der Waals surface area contributed by atoms with E-state index < -0.39 is 40.3 Å². The van der Waals surface area contributed by atoms with Crippen LogP contribution in [0.2, 0.25) is 0 Å². The van der Waals surface area contributed by atoms with Gasteiger partial charge in [-0.1, -0.05) is 12.1 Å². The van der Waals surface area contributed by atoms with Crippen molar-refractivity contribution in [3.63, 3.8) is 0 Å². The van der Waals surface area contributed by atoms with E-state index in [4.69, 9.17) is 14.2 Å². The van der Waals surface area contributed by atoms with E-state index in [1.807, 2.05) is 0 Å². The van der Waals surface area contributed by atoms with Crippen molar-refractivity contribution in [3.8, 4) is 5.75 Å². The van der Waals surface area contributed by atoms with Gasteiger partial charge in [-0.15, -0.1) is 11.8 Å². The van der Waals surface area contributed by atoms with Gasteiger partial charge in [-0.25, -0.2) is 4.79 Å². The average Bonchev–Trinajstić information content (AvgIpc) is 2.91. The molecule has 2 aromatic rings. The summed E-state index contributed by atoms with van der Waals surface area (Å²) in [6, 6.07) is 12.1. The summed E-state index contributed by atoms with van der Waals surface area (Å²) < 4.78 is 16.0. The highest BCUT2D eigenvalue weighted by Crippen LogP contribution is 2.43. The molecule has 0 spiro atoms. The first kappa shape index (κ1) is 26.9. The number of nitro benzene ring substituents is 1. The Bertz CT molecular complexity index is 1310. The Kier molecular flexibility index (Phi) is 8.10. The fourth-order valence-electron chi connectivity index (χ4n) is 4.03. The van der Waals surface area contributed by atoms with E-state index in [1.165, 1.54) is 54.1 Å². The number of esters is 2. The summed E-state index contributed by atoms with van der Waals surface area (Å²) in [7, 11) is 1.55. The van der Waals surface area contributed by atoms with Crippen LogP contribution >= 0.6 is 11.8 Å². The van der Waals surface area contributed by atoms with Crippen LogP contribution in [0.5, 0.6) is 5.75 Å². The first-order valence-electron chi connectivity index (χ1n) is 11.6. The quantitative estimate of drug-likeness (QED) is 0.155. The van der Waals surface area contributed by atoms with Crippen LogP contribution in [0.15, 0.2) is 64.8 Å². The van der Waals surface area contributed by atoms with Crippen molar-refractivity contribution in [1.29, 1.82) is 0 Å². The maximum atomic E-state index is 13.3. The Morgan fingerprint density at radius 3 is 2.50 bits per heavy atom. The molecule has 4 rings (SSSR count). The molecule has 1 saturated heterocycles. The topological polar surface area (TPSA) is 138 Å². The van der Waals surface area contributed by atoms with Crippen LogP contribution in [-0.4, -0.2) is 64.3 Å². The number of ether oxygens (including phenoxy) is 3. The van der Waals surface area contributed by atoms with Gasteiger partial charge in [0.15, 0.2) is 6.04 Å². The van der Waals surface area contributed by atoms with E-state index >= 15 is 0 Å². The summed E-state index contributed by atoms with van der Waals surface area (Å²) in [6.07, 6.45) is 0.743. The smallest absolute Gasteiger partial charge is 0.355 e. The first-order valence-corrected chi connectivity index (χ1v) is 12.7.